The van der Waals surface area contributed by atoms with Crippen LogP contribution in [0.5, 0.6) is 0 Å². The Balaban J connectivity index is 2.38. The van der Waals surface area contributed by atoms with Gasteiger partial charge in [0.25, 0.3) is 5.91 Å². The number of anilines is 1. The first-order valence-corrected chi connectivity index (χ1v) is 5.68. The van der Waals surface area contributed by atoms with Crippen LogP contribution in [-0.4, -0.2) is 17.0 Å². The van der Waals surface area contributed by atoms with Crippen LogP contribution >= 0.6 is 0 Å². The summed E-state index contributed by atoms with van der Waals surface area (Å²) < 4.78 is 39.8. The summed E-state index contributed by atoms with van der Waals surface area (Å²) in [6.07, 6.45) is 0. The maximum absolute atomic E-state index is 13.6. The molecule has 0 bridgehead atoms. The number of benzene rings is 2. The Morgan fingerprint density at radius 2 is 1.67 bits per heavy atom. The Labute approximate surface area is 116 Å². The summed E-state index contributed by atoms with van der Waals surface area (Å²) >= 11 is 0. The lowest BCUT2D eigenvalue weighted by molar-refractivity contribution is 0.0697. The van der Waals surface area contributed by atoms with Crippen molar-refractivity contribution in [3.05, 3.63) is 65.0 Å². The van der Waals surface area contributed by atoms with Gasteiger partial charge in [-0.05, 0) is 24.3 Å². The molecule has 0 saturated heterocycles. The third-order valence-corrected chi connectivity index (χ3v) is 2.66. The third-order valence-electron chi connectivity index (χ3n) is 2.66. The van der Waals surface area contributed by atoms with Gasteiger partial charge in [-0.3, -0.25) is 4.79 Å². The molecule has 0 aliphatic carbocycles. The highest BCUT2D eigenvalue weighted by Gasteiger charge is 2.19. The fraction of sp³-hybridized carbons (Fsp3) is 0. The van der Waals surface area contributed by atoms with Crippen molar-refractivity contribution in [3.63, 3.8) is 0 Å². The van der Waals surface area contributed by atoms with Crippen LogP contribution in [0, 0.1) is 17.5 Å². The minimum atomic E-state index is -1.45. The van der Waals surface area contributed by atoms with Gasteiger partial charge in [0.15, 0.2) is 0 Å². The lowest BCUT2D eigenvalue weighted by Crippen LogP contribution is -2.17. The van der Waals surface area contributed by atoms with Gasteiger partial charge in [-0.2, -0.15) is 0 Å². The molecule has 0 fully saturated rings. The van der Waals surface area contributed by atoms with Gasteiger partial charge in [0.2, 0.25) is 0 Å². The first kappa shape index (κ1) is 14.6. The van der Waals surface area contributed by atoms with Gasteiger partial charge >= 0.3 is 5.97 Å². The highest BCUT2D eigenvalue weighted by Crippen LogP contribution is 2.21. The average molecular weight is 295 g/mol. The zero-order chi connectivity index (χ0) is 15.6. The number of para-hydroxylation sites is 1. The minimum absolute atomic E-state index is 0.481. The number of nitrogens with one attached hydrogen (secondary N) is 1. The molecule has 0 spiro atoms. The van der Waals surface area contributed by atoms with E-state index in [1.165, 1.54) is 0 Å². The number of hydrogen-bond donors (Lipinski definition) is 2. The average Bonchev–Trinajstić information content (AvgIpc) is 2.40. The molecule has 108 valence electrons. The molecule has 0 aliphatic rings. The summed E-state index contributed by atoms with van der Waals surface area (Å²) in [6, 6.07) is 5.42. The molecule has 0 aliphatic heterocycles. The fourth-order valence-electron chi connectivity index (χ4n) is 1.68. The van der Waals surface area contributed by atoms with E-state index in [2.05, 4.69) is 0 Å². The predicted molar refractivity (Wildman–Crippen MR) is 67.7 cm³/mol. The van der Waals surface area contributed by atoms with Crippen molar-refractivity contribution in [3.8, 4) is 0 Å². The fourth-order valence-corrected chi connectivity index (χ4v) is 1.68. The van der Waals surface area contributed by atoms with Gasteiger partial charge in [-0.1, -0.05) is 6.07 Å². The zero-order valence-corrected chi connectivity index (χ0v) is 10.4. The van der Waals surface area contributed by atoms with Gasteiger partial charge in [0.1, 0.15) is 17.5 Å². The Morgan fingerprint density at radius 3 is 2.29 bits per heavy atom. The molecule has 1 amide bonds. The van der Waals surface area contributed by atoms with Crippen molar-refractivity contribution in [2.24, 2.45) is 0 Å². The maximum Gasteiger partial charge on any atom is 0.337 e. The van der Waals surface area contributed by atoms with Gasteiger partial charge < -0.3 is 10.4 Å². The predicted octanol–water partition coefficient (Wildman–Crippen LogP) is 3.05. The van der Waals surface area contributed by atoms with Crippen LogP contribution in [0.4, 0.5) is 18.9 Å². The van der Waals surface area contributed by atoms with Crippen LogP contribution in [0.15, 0.2) is 36.4 Å². The molecule has 2 N–H and O–H groups in total. The lowest BCUT2D eigenvalue weighted by Gasteiger charge is -2.10. The first-order valence-electron chi connectivity index (χ1n) is 5.68. The molecule has 2 aromatic rings. The molecule has 0 aromatic heterocycles. The van der Waals surface area contributed by atoms with E-state index in [1.807, 2.05) is 5.32 Å². The summed E-state index contributed by atoms with van der Waals surface area (Å²) in [5, 5.41) is 10.9. The molecule has 0 heterocycles. The van der Waals surface area contributed by atoms with Crippen LogP contribution in [0.3, 0.4) is 0 Å². The SMILES string of the molecule is O=C(Nc1c(F)cccc1C(=O)O)c1ccc(F)cc1F. The van der Waals surface area contributed by atoms with Crippen LogP contribution in [-0.2, 0) is 0 Å². The third kappa shape index (κ3) is 3.02. The molecule has 2 aromatic carbocycles. The van der Waals surface area contributed by atoms with Crippen molar-refractivity contribution in [2.75, 3.05) is 5.32 Å². The maximum atomic E-state index is 13.6. The number of carbonyl (C=O) groups excluding carboxylic acids is 1. The number of carboxylic acids is 1. The monoisotopic (exact) mass is 295 g/mol. The summed E-state index contributed by atoms with van der Waals surface area (Å²) in [5.74, 6) is -5.53. The Kier molecular flexibility index (Phi) is 3.93. The van der Waals surface area contributed by atoms with E-state index < -0.39 is 46.1 Å². The Bertz CT molecular complexity index is 731. The molecular formula is C14H8F3NO3. The zero-order valence-electron chi connectivity index (χ0n) is 10.4. The van der Waals surface area contributed by atoms with Gasteiger partial charge in [0.05, 0.1) is 16.8 Å². The van der Waals surface area contributed by atoms with E-state index in [1.54, 1.807) is 0 Å². The number of carbonyl (C=O) groups is 2. The van der Waals surface area contributed by atoms with E-state index in [0.29, 0.717) is 6.07 Å². The second-order valence-electron chi connectivity index (χ2n) is 4.05. The van der Waals surface area contributed by atoms with Crippen molar-refractivity contribution in [2.45, 2.75) is 0 Å². The smallest absolute Gasteiger partial charge is 0.337 e. The van der Waals surface area contributed by atoms with Crippen LogP contribution in [0.1, 0.15) is 20.7 Å². The van der Waals surface area contributed by atoms with E-state index in [0.717, 1.165) is 30.3 Å². The topological polar surface area (TPSA) is 66.4 Å². The van der Waals surface area contributed by atoms with E-state index >= 15 is 0 Å². The molecular weight excluding hydrogens is 287 g/mol. The summed E-state index contributed by atoms with van der Waals surface area (Å²) in [4.78, 5) is 22.8. The van der Waals surface area contributed by atoms with Crippen molar-refractivity contribution in [1.82, 2.24) is 0 Å². The molecule has 4 nitrogen and oxygen atoms in total. The summed E-state index contributed by atoms with van der Waals surface area (Å²) in [7, 11) is 0. The number of amides is 1. The highest BCUT2D eigenvalue weighted by molar-refractivity contribution is 6.07. The second-order valence-corrected chi connectivity index (χ2v) is 4.05. The molecule has 2 rings (SSSR count). The van der Waals surface area contributed by atoms with Crippen molar-refractivity contribution >= 4 is 17.6 Å². The molecule has 7 heteroatoms. The second kappa shape index (κ2) is 5.66. The number of rotatable bonds is 3. The molecule has 0 radical (unpaired) electrons. The van der Waals surface area contributed by atoms with E-state index in [9.17, 15) is 22.8 Å². The number of hydrogen-bond acceptors (Lipinski definition) is 2. The van der Waals surface area contributed by atoms with Gasteiger partial charge in [0, 0.05) is 6.07 Å². The largest absolute Gasteiger partial charge is 0.478 e. The first-order chi connectivity index (χ1) is 9.90. The van der Waals surface area contributed by atoms with E-state index in [4.69, 9.17) is 5.11 Å². The standard InChI is InChI=1S/C14H8F3NO3/c15-7-4-5-8(11(17)6-7)13(19)18-12-9(14(20)21)2-1-3-10(12)16/h1-6H,(H,18,19)(H,20,21). The van der Waals surface area contributed by atoms with Crippen molar-refractivity contribution < 1.29 is 27.9 Å². The Hall–Kier alpha value is -2.83. The van der Waals surface area contributed by atoms with E-state index in [-0.39, 0.29) is 0 Å². The van der Waals surface area contributed by atoms with Gasteiger partial charge in [-0.25, -0.2) is 18.0 Å². The highest BCUT2D eigenvalue weighted by atomic mass is 19.1. The minimum Gasteiger partial charge on any atom is -0.478 e. The van der Waals surface area contributed by atoms with Crippen LogP contribution in [0.25, 0.3) is 0 Å². The van der Waals surface area contributed by atoms with Crippen LogP contribution in [0.2, 0.25) is 0 Å². The number of halogens is 3. The quantitative estimate of drug-likeness (QED) is 0.914. The molecule has 0 atom stereocenters. The van der Waals surface area contributed by atoms with Crippen molar-refractivity contribution in [1.29, 1.82) is 0 Å². The summed E-state index contributed by atoms with van der Waals surface area (Å²) in [6.45, 7) is 0. The Morgan fingerprint density at radius 1 is 0.952 bits per heavy atom. The molecule has 0 unspecified atom stereocenters. The van der Waals surface area contributed by atoms with Gasteiger partial charge in [-0.15, -0.1) is 0 Å². The summed E-state index contributed by atoms with van der Waals surface area (Å²) in [5.41, 5.74) is -1.60. The lowest BCUT2D eigenvalue weighted by atomic mass is 10.1. The number of carboxylic acid groups (broad SMARTS) is 1. The molecule has 21 heavy (non-hydrogen) atoms. The number of aromatic carboxylic acids is 1. The molecule has 0 saturated carbocycles. The van der Waals surface area contributed by atoms with Crippen LogP contribution < -0.4 is 5.32 Å². The normalized spacial score (nSPS) is 10.2.